The van der Waals surface area contributed by atoms with Crippen LogP contribution in [0.2, 0.25) is 0 Å². The molecule has 0 heterocycles. The van der Waals surface area contributed by atoms with Crippen LogP contribution in [0.4, 0.5) is 0 Å². The van der Waals surface area contributed by atoms with Gasteiger partial charge >= 0.3 is 5.97 Å². The molecule has 0 aromatic rings. The molecule has 0 saturated heterocycles. The van der Waals surface area contributed by atoms with Crippen LogP contribution in [0.15, 0.2) is 24.3 Å². The molecule has 3 N–H and O–H groups in total. The molecule has 0 fully saturated rings. The number of rotatable bonds is 31. The summed E-state index contributed by atoms with van der Waals surface area (Å²) in [6.07, 6.45) is 39.4. The quantitative estimate of drug-likeness (QED) is 0.0501. The fraction of sp³-hybridized carbons (Fsp3) is 0.833. The molecule has 0 aliphatic rings. The van der Waals surface area contributed by atoms with Crippen LogP contribution < -0.4 is 5.73 Å². The standard InChI is InChI=1S/C36H67NO3/c1-3-5-7-9-11-13-15-17-19-20-22-24-26-28-30-32-34(38)36(37,35(39)40)33-31-29-27-25-23-21-18-16-14-12-10-8-6-4-2/h17-19,21H,3-16,20,22-33,37H2,1-2H3,(H,39,40). The SMILES string of the molecule is CCCCCCCCC=CCCCCCCCC(=O)C(N)(CCCCCCC=CCCCCCCCC)C(=O)O. The van der Waals surface area contributed by atoms with Crippen molar-refractivity contribution in [3.8, 4) is 0 Å². The second-order valence-corrected chi connectivity index (χ2v) is 12.0. The zero-order chi connectivity index (χ0) is 29.6. The lowest BCUT2D eigenvalue weighted by Crippen LogP contribution is -2.54. The van der Waals surface area contributed by atoms with Gasteiger partial charge in [0.2, 0.25) is 0 Å². The maximum atomic E-state index is 12.7. The second kappa shape index (κ2) is 29.1. The number of unbranched alkanes of at least 4 members (excludes halogenated alkanes) is 21. The van der Waals surface area contributed by atoms with Crippen LogP contribution in [-0.4, -0.2) is 22.4 Å². The van der Waals surface area contributed by atoms with Gasteiger partial charge in [-0.1, -0.05) is 141 Å². The molecule has 234 valence electrons. The second-order valence-electron chi connectivity index (χ2n) is 12.0. The zero-order valence-corrected chi connectivity index (χ0v) is 26.7. The number of nitrogens with two attached hydrogens (primary N) is 1. The molecule has 0 bridgehead atoms. The minimum Gasteiger partial charge on any atom is -0.480 e. The van der Waals surface area contributed by atoms with Crippen LogP contribution in [0.5, 0.6) is 0 Å². The molecule has 1 unspecified atom stereocenters. The summed E-state index contributed by atoms with van der Waals surface area (Å²) in [4.78, 5) is 24.5. The number of hydrogen-bond acceptors (Lipinski definition) is 3. The molecule has 0 radical (unpaired) electrons. The van der Waals surface area contributed by atoms with Crippen LogP contribution in [0.1, 0.15) is 187 Å². The van der Waals surface area contributed by atoms with Gasteiger partial charge in [0.25, 0.3) is 0 Å². The van der Waals surface area contributed by atoms with Crippen LogP contribution >= 0.6 is 0 Å². The Morgan fingerprint density at radius 1 is 0.525 bits per heavy atom. The van der Waals surface area contributed by atoms with Crippen molar-refractivity contribution >= 4 is 11.8 Å². The maximum Gasteiger partial charge on any atom is 0.331 e. The predicted molar refractivity (Wildman–Crippen MR) is 174 cm³/mol. The minimum absolute atomic E-state index is 0.250. The van der Waals surface area contributed by atoms with E-state index < -0.39 is 11.5 Å². The number of aliphatic carboxylic acids is 1. The van der Waals surface area contributed by atoms with Gasteiger partial charge in [-0.15, -0.1) is 0 Å². The lowest BCUT2D eigenvalue weighted by molar-refractivity contribution is -0.148. The molecule has 40 heavy (non-hydrogen) atoms. The first-order valence-corrected chi connectivity index (χ1v) is 17.3. The number of hydrogen-bond donors (Lipinski definition) is 2. The van der Waals surface area contributed by atoms with Crippen LogP contribution in [0.3, 0.4) is 0 Å². The van der Waals surface area contributed by atoms with Gasteiger partial charge in [0.05, 0.1) is 0 Å². The number of carbonyl (C=O) groups is 2. The predicted octanol–water partition coefficient (Wildman–Crippen LogP) is 11.0. The van der Waals surface area contributed by atoms with Gasteiger partial charge in [-0.25, -0.2) is 4.79 Å². The normalized spacial score (nSPS) is 13.4. The number of carboxylic acids is 1. The molecule has 0 rings (SSSR count). The van der Waals surface area contributed by atoms with Crippen LogP contribution in [0.25, 0.3) is 0 Å². The average molecular weight is 562 g/mol. The summed E-state index contributed by atoms with van der Waals surface area (Å²) in [6.45, 7) is 4.51. The highest BCUT2D eigenvalue weighted by Gasteiger charge is 2.40. The smallest absolute Gasteiger partial charge is 0.331 e. The number of allylic oxidation sites excluding steroid dienone is 4. The third-order valence-corrected chi connectivity index (χ3v) is 8.13. The molecule has 0 aliphatic carbocycles. The summed E-state index contributed by atoms with van der Waals surface area (Å²) in [5.74, 6) is -1.46. The Morgan fingerprint density at radius 3 is 1.23 bits per heavy atom. The largest absolute Gasteiger partial charge is 0.480 e. The average Bonchev–Trinajstić information content (AvgIpc) is 2.94. The lowest BCUT2D eigenvalue weighted by Gasteiger charge is -2.23. The molecular formula is C36H67NO3. The number of Topliss-reactive ketones (excluding diaryl/α,β-unsaturated/α-hetero) is 1. The molecule has 0 aromatic heterocycles. The Kier molecular flexibility index (Phi) is 28.1. The molecule has 0 spiro atoms. The van der Waals surface area contributed by atoms with E-state index in [0.29, 0.717) is 6.42 Å². The van der Waals surface area contributed by atoms with E-state index in [0.717, 1.165) is 57.8 Å². The summed E-state index contributed by atoms with van der Waals surface area (Å²) in [7, 11) is 0. The summed E-state index contributed by atoms with van der Waals surface area (Å²) < 4.78 is 0. The summed E-state index contributed by atoms with van der Waals surface area (Å²) in [5.41, 5.74) is 4.41. The highest BCUT2D eigenvalue weighted by atomic mass is 16.4. The van der Waals surface area contributed by atoms with E-state index in [4.69, 9.17) is 5.73 Å². The third-order valence-electron chi connectivity index (χ3n) is 8.13. The van der Waals surface area contributed by atoms with Crippen molar-refractivity contribution in [2.24, 2.45) is 5.73 Å². The van der Waals surface area contributed by atoms with Gasteiger partial charge in [-0.3, -0.25) is 4.79 Å². The van der Waals surface area contributed by atoms with Gasteiger partial charge in [-0.2, -0.15) is 0 Å². The van der Waals surface area contributed by atoms with Crippen molar-refractivity contribution < 1.29 is 14.7 Å². The molecule has 1 atom stereocenters. The lowest BCUT2D eigenvalue weighted by atomic mass is 9.86. The van der Waals surface area contributed by atoms with E-state index in [1.165, 1.54) is 96.3 Å². The topological polar surface area (TPSA) is 80.4 Å². The summed E-state index contributed by atoms with van der Waals surface area (Å²) in [5, 5.41) is 9.67. The molecular weight excluding hydrogens is 494 g/mol. The first-order chi connectivity index (χ1) is 19.5. The summed E-state index contributed by atoms with van der Waals surface area (Å²) >= 11 is 0. The zero-order valence-electron chi connectivity index (χ0n) is 26.7. The highest BCUT2D eigenvalue weighted by molar-refractivity contribution is 6.07. The van der Waals surface area contributed by atoms with Crippen molar-refractivity contribution in [1.82, 2.24) is 0 Å². The first kappa shape index (κ1) is 38.6. The molecule has 0 amide bonds. The molecule has 0 aliphatic heterocycles. The highest BCUT2D eigenvalue weighted by Crippen LogP contribution is 2.19. The van der Waals surface area contributed by atoms with Crippen LogP contribution in [-0.2, 0) is 9.59 Å². The van der Waals surface area contributed by atoms with Crippen molar-refractivity contribution in [3.63, 3.8) is 0 Å². The Balaban J connectivity index is 3.79. The minimum atomic E-state index is -1.71. The van der Waals surface area contributed by atoms with Crippen molar-refractivity contribution in [3.05, 3.63) is 24.3 Å². The number of carbonyl (C=O) groups excluding carboxylic acids is 1. The first-order valence-electron chi connectivity index (χ1n) is 17.3. The Morgan fingerprint density at radius 2 is 0.850 bits per heavy atom. The van der Waals surface area contributed by atoms with Gasteiger partial charge in [0, 0.05) is 6.42 Å². The molecule has 0 aromatic carbocycles. The fourth-order valence-electron chi connectivity index (χ4n) is 5.24. The van der Waals surface area contributed by atoms with E-state index >= 15 is 0 Å². The van der Waals surface area contributed by atoms with Gasteiger partial charge in [-0.05, 0) is 64.2 Å². The Bertz CT molecular complexity index is 642. The monoisotopic (exact) mass is 562 g/mol. The van der Waals surface area contributed by atoms with E-state index in [-0.39, 0.29) is 18.6 Å². The van der Waals surface area contributed by atoms with Gasteiger partial charge in [0.15, 0.2) is 11.3 Å². The van der Waals surface area contributed by atoms with Gasteiger partial charge < -0.3 is 10.8 Å². The van der Waals surface area contributed by atoms with Crippen LogP contribution in [0, 0.1) is 0 Å². The summed E-state index contributed by atoms with van der Waals surface area (Å²) in [6, 6.07) is 0. The van der Waals surface area contributed by atoms with Crippen molar-refractivity contribution in [1.29, 1.82) is 0 Å². The molecule has 4 nitrogen and oxygen atoms in total. The Hall–Kier alpha value is -1.42. The number of carboxylic acid groups (broad SMARTS) is 1. The van der Waals surface area contributed by atoms with E-state index in [2.05, 4.69) is 38.2 Å². The fourth-order valence-corrected chi connectivity index (χ4v) is 5.24. The Labute approximate surface area is 249 Å². The number of ketones is 1. The van der Waals surface area contributed by atoms with E-state index in [1.807, 2.05) is 0 Å². The van der Waals surface area contributed by atoms with Crippen molar-refractivity contribution in [2.75, 3.05) is 0 Å². The van der Waals surface area contributed by atoms with Crippen molar-refractivity contribution in [2.45, 2.75) is 193 Å². The van der Waals surface area contributed by atoms with E-state index in [9.17, 15) is 14.7 Å². The third kappa shape index (κ3) is 23.3. The molecule has 4 heteroatoms. The maximum absolute atomic E-state index is 12.7. The van der Waals surface area contributed by atoms with Gasteiger partial charge in [0.1, 0.15) is 0 Å². The van der Waals surface area contributed by atoms with E-state index in [1.54, 1.807) is 0 Å². The molecule has 0 saturated carbocycles.